The molecule has 2 aromatic heterocycles. The van der Waals surface area contributed by atoms with Crippen LogP contribution in [0.4, 0.5) is 17.6 Å². The molecule has 2 heterocycles. The summed E-state index contributed by atoms with van der Waals surface area (Å²) < 4.78 is 62.1. The van der Waals surface area contributed by atoms with Crippen molar-refractivity contribution in [3.05, 3.63) is 94.6 Å². The van der Waals surface area contributed by atoms with Gasteiger partial charge in [0, 0.05) is 67.4 Å². The number of nitrogens with one attached hydrogen (secondary N) is 3. The molecule has 13 heteroatoms. The third kappa shape index (κ3) is 9.65. The molecule has 56 heavy (non-hydrogen) atoms. The van der Waals surface area contributed by atoms with Crippen LogP contribution in [0.5, 0.6) is 5.88 Å². The van der Waals surface area contributed by atoms with Crippen molar-refractivity contribution in [3.63, 3.8) is 0 Å². The highest BCUT2D eigenvalue weighted by atomic mass is 32.1. The molecule has 300 valence electrons. The van der Waals surface area contributed by atoms with Gasteiger partial charge in [0.25, 0.3) is 0 Å². The maximum atomic E-state index is 15.0. The van der Waals surface area contributed by atoms with E-state index in [0.29, 0.717) is 46.9 Å². The number of Topliss-reactive ketones (excluding diaryl/α,β-unsaturated/α-hetero) is 2. The number of pyridine rings is 1. The number of ether oxygens (including phenoxy) is 1. The molecule has 5 rings (SSSR count). The fraction of sp³-hybridized carbons (Fsp3) is 0.465. The Morgan fingerprint density at radius 3 is 2.39 bits per heavy atom. The predicted molar refractivity (Wildman–Crippen MR) is 212 cm³/mol. The summed E-state index contributed by atoms with van der Waals surface area (Å²) in [5.41, 5.74) is -0.163. The van der Waals surface area contributed by atoms with Crippen molar-refractivity contribution in [2.24, 2.45) is 23.7 Å². The van der Waals surface area contributed by atoms with Crippen molar-refractivity contribution in [1.29, 1.82) is 0 Å². The van der Waals surface area contributed by atoms with Crippen LogP contribution >= 0.6 is 12.2 Å². The summed E-state index contributed by atoms with van der Waals surface area (Å²) in [7, 11) is 1.53. The van der Waals surface area contributed by atoms with Crippen LogP contribution < -0.4 is 15.4 Å². The molecule has 0 aliphatic heterocycles. The molecule has 1 amide bonds. The topological polar surface area (TPSA) is 113 Å². The molecule has 1 aliphatic rings. The van der Waals surface area contributed by atoms with Gasteiger partial charge in [-0.05, 0) is 59.6 Å². The van der Waals surface area contributed by atoms with Crippen molar-refractivity contribution in [2.75, 3.05) is 7.11 Å². The Morgan fingerprint density at radius 1 is 1.00 bits per heavy atom. The lowest BCUT2D eigenvalue weighted by Gasteiger charge is -2.40. The summed E-state index contributed by atoms with van der Waals surface area (Å²) in [5.74, 6) is -2.75. The van der Waals surface area contributed by atoms with E-state index < -0.39 is 40.8 Å². The minimum atomic E-state index is -4.61. The van der Waals surface area contributed by atoms with Crippen molar-refractivity contribution in [2.45, 2.75) is 97.3 Å². The Morgan fingerprint density at radius 2 is 1.71 bits per heavy atom. The summed E-state index contributed by atoms with van der Waals surface area (Å²) in [6.07, 6.45) is -1.84. The molecule has 0 fully saturated rings. The number of ketones is 2. The fourth-order valence-electron chi connectivity index (χ4n) is 7.68. The monoisotopic (exact) mass is 794 g/mol. The van der Waals surface area contributed by atoms with E-state index in [1.807, 2.05) is 33.8 Å². The van der Waals surface area contributed by atoms with Crippen LogP contribution in [0.3, 0.4) is 0 Å². The normalized spacial score (nSPS) is 17.7. The van der Waals surface area contributed by atoms with E-state index in [-0.39, 0.29) is 73.0 Å². The van der Waals surface area contributed by atoms with E-state index in [0.717, 1.165) is 11.6 Å². The standard InChI is InChI=1S/C43H50F4N4O4S/c1-6-25(3)31(21-29(52)20-28-11-8-9-14-35(28)44)40(54)51-42(17-15-36-33(23-42)30-12-10-13-34(39(30)50-36)43(45,46)47)37(53)22-32(26(4)7-2)41(56)49-24-27-16-18-48-38(19-27)55-5/h8-14,16,18-19,25-26,31-32,50H,6-7,15,17,20-24H2,1-5H3,(H,49,56)(H,51,54)/t25?,26?,31-,32-,42+/m0/s1. The smallest absolute Gasteiger partial charge is 0.418 e. The van der Waals surface area contributed by atoms with Crippen molar-refractivity contribution in [1.82, 2.24) is 20.6 Å². The molecular formula is C43H50F4N4O4S. The number of halogens is 4. The van der Waals surface area contributed by atoms with Crippen LogP contribution in [0.15, 0.2) is 60.8 Å². The predicted octanol–water partition coefficient (Wildman–Crippen LogP) is 8.68. The van der Waals surface area contributed by atoms with E-state index in [1.54, 1.807) is 24.4 Å². The molecule has 1 aliphatic carbocycles. The van der Waals surface area contributed by atoms with E-state index in [2.05, 4.69) is 20.6 Å². The number of aromatic amines is 1. The van der Waals surface area contributed by atoms with Crippen LogP contribution in [0.1, 0.15) is 87.7 Å². The summed E-state index contributed by atoms with van der Waals surface area (Å²) in [6.45, 7) is 8.12. The van der Waals surface area contributed by atoms with E-state index in [4.69, 9.17) is 17.0 Å². The first-order valence-corrected chi connectivity index (χ1v) is 19.6. The molecule has 8 nitrogen and oxygen atoms in total. The highest BCUT2D eigenvalue weighted by Crippen LogP contribution is 2.41. The number of H-pyrrole nitrogens is 1. The summed E-state index contributed by atoms with van der Waals surface area (Å²) in [6, 6.07) is 13.6. The van der Waals surface area contributed by atoms with E-state index in [1.165, 1.54) is 31.4 Å². The van der Waals surface area contributed by atoms with Crippen molar-refractivity contribution in [3.8, 4) is 5.88 Å². The molecule has 2 aromatic carbocycles. The van der Waals surface area contributed by atoms with Crippen molar-refractivity contribution < 1.29 is 36.7 Å². The number of amides is 1. The van der Waals surface area contributed by atoms with Gasteiger partial charge in [-0.15, -0.1) is 0 Å². The number of hydrogen-bond acceptors (Lipinski definition) is 6. The average Bonchev–Trinajstić information content (AvgIpc) is 3.55. The molecule has 2 unspecified atom stereocenters. The number of carbonyl (C=O) groups excluding carboxylic acids is 3. The van der Waals surface area contributed by atoms with Crippen LogP contribution in [-0.4, -0.2) is 45.1 Å². The molecule has 0 saturated heterocycles. The van der Waals surface area contributed by atoms with Crippen LogP contribution in [0.25, 0.3) is 10.9 Å². The number of thiocarbonyl (C=S) groups is 1. The number of methoxy groups -OCH3 is 1. The second kappa shape index (κ2) is 18.1. The number of hydrogen-bond donors (Lipinski definition) is 3. The first-order valence-electron chi connectivity index (χ1n) is 19.2. The van der Waals surface area contributed by atoms with Gasteiger partial charge in [0.05, 0.1) is 23.2 Å². The second-order valence-corrected chi connectivity index (χ2v) is 15.5. The van der Waals surface area contributed by atoms with Crippen LogP contribution in [0, 0.1) is 29.5 Å². The van der Waals surface area contributed by atoms with E-state index in [9.17, 15) is 31.9 Å². The Labute approximate surface area is 330 Å². The number of carbonyl (C=O) groups is 3. The van der Waals surface area contributed by atoms with Gasteiger partial charge >= 0.3 is 6.18 Å². The van der Waals surface area contributed by atoms with Gasteiger partial charge in [-0.25, -0.2) is 9.37 Å². The van der Waals surface area contributed by atoms with Crippen LogP contribution in [-0.2, 0) is 46.4 Å². The Hall–Kier alpha value is -4.65. The Kier molecular flexibility index (Phi) is 13.7. The molecule has 0 bridgehead atoms. The van der Waals surface area contributed by atoms with Gasteiger partial charge in [0.2, 0.25) is 11.8 Å². The minimum absolute atomic E-state index is 0.0352. The molecule has 0 saturated carbocycles. The quantitative estimate of drug-likeness (QED) is 0.0725. The second-order valence-electron chi connectivity index (χ2n) is 15.1. The lowest BCUT2D eigenvalue weighted by molar-refractivity contribution is -0.137. The average molecular weight is 795 g/mol. The maximum Gasteiger partial charge on any atom is 0.418 e. The molecular weight excluding hydrogens is 745 g/mol. The SMILES string of the molecule is CCC(C)[C@H](CC(=O)Cc1ccccc1F)C(=O)N[C@]1(C(=O)C[C@H](C(=S)NCc2ccnc(OC)c2)C(C)CC)CCc2[nH]c3c(C(F)(F)F)cccc3c2C1. The van der Waals surface area contributed by atoms with Gasteiger partial charge < -0.3 is 20.4 Å². The highest BCUT2D eigenvalue weighted by Gasteiger charge is 2.46. The van der Waals surface area contributed by atoms with Crippen molar-refractivity contribution >= 4 is 45.6 Å². The van der Waals surface area contributed by atoms with Gasteiger partial charge in [-0.2, -0.15) is 13.2 Å². The first-order chi connectivity index (χ1) is 26.6. The third-order valence-electron chi connectivity index (χ3n) is 11.5. The molecule has 0 radical (unpaired) electrons. The summed E-state index contributed by atoms with van der Waals surface area (Å²) >= 11 is 5.91. The number of para-hydroxylation sites is 1. The zero-order valence-corrected chi connectivity index (χ0v) is 33.3. The molecule has 0 spiro atoms. The minimum Gasteiger partial charge on any atom is -0.481 e. The number of fused-ring (bicyclic) bond motifs is 3. The number of benzene rings is 2. The highest BCUT2D eigenvalue weighted by molar-refractivity contribution is 7.80. The number of aromatic nitrogens is 2. The number of alkyl halides is 3. The van der Waals surface area contributed by atoms with E-state index >= 15 is 0 Å². The zero-order chi connectivity index (χ0) is 40.8. The number of nitrogens with zero attached hydrogens (tertiary/aromatic N) is 1. The largest absolute Gasteiger partial charge is 0.481 e. The Balaban J connectivity index is 1.49. The number of aryl methyl sites for hydroxylation is 1. The Bertz CT molecular complexity index is 2070. The lowest BCUT2D eigenvalue weighted by Crippen LogP contribution is -2.60. The van der Waals surface area contributed by atoms with Gasteiger partial charge in [-0.3, -0.25) is 14.4 Å². The third-order valence-corrected chi connectivity index (χ3v) is 12.0. The fourth-order valence-corrected chi connectivity index (χ4v) is 8.07. The number of rotatable bonds is 17. The summed E-state index contributed by atoms with van der Waals surface area (Å²) in [5, 5.41) is 6.74. The lowest BCUT2D eigenvalue weighted by atomic mass is 9.72. The van der Waals surface area contributed by atoms with Gasteiger partial charge in [0.15, 0.2) is 5.78 Å². The first kappa shape index (κ1) is 42.5. The van der Waals surface area contributed by atoms with Gasteiger partial charge in [-0.1, -0.05) is 83.1 Å². The summed E-state index contributed by atoms with van der Waals surface area (Å²) in [4.78, 5) is 50.5. The maximum absolute atomic E-state index is 15.0. The molecule has 3 N–H and O–H groups in total. The molecule has 5 atom stereocenters. The van der Waals surface area contributed by atoms with Crippen LogP contribution in [0.2, 0.25) is 0 Å². The van der Waals surface area contributed by atoms with Gasteiger partial charge in [0.1, 0.15) is 17.1 Å². The zero-order valence-electron chi connectivity index (χ0n) is 32.4. The molecule has 4 aromatic rings.